The van der Waals surface area contributed by atoms with Crippen LogP contribution >= 0.6 is 23.1 Å². The summed E-state index contributed by atoms with van der Waals surface area (Å²) in [5.74, 6) is -1.13. The second-order valence-corrected chi connectivity index (χ2v) is 4.97. The van der Waals surface area contributed by atoms with Gasteiger partial charge in [0.2, 0.25) is 11.0 Å². The van der Waals surface area contributed by atoms with Crippen molar-refractivity contribution < 1.29 is 13.2 Å². The lowest BCUT2D eigenvalue weighted by Crippen LogP contribution is -2.09. The first-order valence-electron chi connectivity index (χ1n) is 5.30. The van der Waals surface area contributed by atoms with E-state index in [0.717, 1.165) is 5.56 Å². The Morgan fingerprint density at radius 1 is 1.32 bits per heavy atom. The van der Waals surface area contributed by atoms with E-state index in [1.165, 1.54) is 0 Å². The summed E-state index contributed by atoms with van der Waals surface area (Å²) in [6, 6.07) is 6.84. The van der Waals surface area contributed by atoms with Gasteiger partial charge in [0.15, 0.2) is 0 Å². The molecular formula is C11H9ClF3N3S. The lowest BCUT2D eigenvalue weighted by molar-refractivity contribution is -0.144. The number of nitrogens with zero attached hydrogens (tertiary/aromatic N) is 2. The Morgan fingerprint density at radius 3 is 2.58 bits per heavy atom. The molecule has 0 aliphatic rings. The van der Waals surface area contributed by atoms with E-state index in [2.05, 4.69) is 14.7 Å². The molecule has 3 nitrogen and oxygen atoms in total. The van der Waals surface area contributed by atoms with Crippen molar-refractivity contribution in [3.63, 3.8) is 0 Å². The van der Waals surface area contributed by atoms with Gasteiger partial charge < -0.3 is 5.32 Å². The fraction of sp³-hybridized carbons (Fsp3) is 0.273. The second kappa shape index (κ2) is 5.34. The van der Waals surface area contributed by atoms with Gasteiger partial charge in [-0.1, -0.05) is 29.8 Å². The van der Waals surface area contributed by atoms with Gasteiger partial charge in [0.1, 0.15) is 0 Å². The highest BCUT2D eigenvalue weighted by molar-refractivity contribution is 7.09. The highest BCUT2D eigenvalue weighted by atomic mass is 35.5. The smallest absolute Gasteiger partial charge is 0.354 e. The number of anilines is 1. The van der Waals surface area contributed by atoms with Gasteiger partial charge in [-0.15, -0.1) is 0 Å². The Kier molecular flexibility index (Phi) is 3.96. The Hall–Kier alpha value is -1.34. The summed E-state index contributed by atoms with van der Waals surface area (Å²) in [7, 11) is 0. The van der Waals surface area contributed by atoms with Crippen LogP contribution < -0.4 is 5.32 Å². The van der Waals surface area contributed by atoms with Gasteiger partial charge in [0, 0.05) is 16.6 Å². The quantitative estimate of drug-likeness (QED) is 0.914. The zero-order valence-electron chi connectivity index (χ0n) is 9.70. The van der Waals surface area contributed by atoms with E-state index in [1.54, 1.807) is 31.2 Å². The number of alkyl halides is 3. The van der Waals surface area contributed by atoms with Crippen LogP contribution in [0.4, 0.5) is 18.3 Å². The number of aromatic nitrogens is 2. The Bertz CT molecular complexity index is 570. The fourth-order valence-corrected chi connectivity index (χ4v) is 2.46. The lowest BCUT2D eigenvalue weighted by atomic mass is 10.1. The summed E-state index contributed by atoms with van der Waals surface area (Å²) in [6.45, 7) is 1.79. The summed E-state index contributed by atoms with van der Waals surface area (Å²) < 4.78 is 40.3. The minimum Gasteiger partial charge on any atom is -0.354 e. The summed E-state index contributed by atoms with van der Waals surface area (Å²) in [5, 5.41) is 3.51. The minimum absolute atomic E-state index is 0.111. The van der Waals surface area contributed by atoms with E-state index < -0.39 is 12.0 Å². The maximum absolute atomic E-state index is 12.4. The SMILES string of the molecule is CC(Nc1nc(C(F)(F)F)ns1)c1ccccc1Cl. The van der Waals surface area contributed by atoms with Crippen molar-refractivity contribution in [2.75, 3.05) is 5.32 Å². The molecular weight excluding hydrogens is 299 g/mol. The third-order valence-corrected chi connectivity index (χ3v) is 3.38. The molecule has 2 rings (SSSR count). The van der Waals surface area contributed by atoms with Gasteiger partial charge in [-0.05, 0) is 18.6 Å². The summed E-state index contributed by atoms with van der Waals surface area (Å²) in [4.78, 5) is 3.40. The van der Waals surface area contributed by atoms with E-state index in [4.69, 9.17) is 11.6 Å². The topological polar surface area (TPSA) is 37.8 Å². The molecule has 0 saturated heterocycles. The first-order valence-corrected chi connectivity index (χ1v) is 6.45. The molecule has 102 valence electrons. The molecule has 0 amide bonds. The molecule has 0 bridgehead atoms. The van der Waals surface area contributed by atoms with Crippen LogP contribution in [0.25, 0.3) is 0 Å². The van der Waals surface area contributed by atoms with Crippen LogP contribution in [0.3, 0.4) is 0 Å². The monoisotopic (exact) mass is 307 g/mol. The van der Waals surface area contributed by atoms with Crippen LogP contribution in [0.2, 0.25) is 5.02 Å². The number of rotatable bonds is 3. The molecule has 1 heterocycles. The molecule has 1 unspecified atom stereocenters. The lowest BCUT2D eigenvalue weighted by Gasteiger charge is -2.14. The maximum atomic E-state index is 12.4. The van der Waals surface area contributed by atoms with Gasteiger partial charge in [-0.3, -0.25) is 0 Å². The third kappa shape index (κ3) is 3.36. The number of halogens is 4. The van der Waals surface area contributed by atoms with Gasteiger partial charge in [0.05, 0.1) is 6.04 Å². The van der Waals surface area contributed by atoms with Crippen molar-refractivity contribution in [3.05, 3.63) is 40.7 Å². The van der Waals surface area contributed by atoms with Crippen LogP contribution in [0.15, 0.2) is 24.3 Å². The average Bonchev–Trinajstić information content (AvgIpc) is 2.77. The molecule has 1 atom stereocenters. The molecule has 0 aliphatic carbocycles. The van der Waals surface area contributed by atoms with Crippen LogP contribution in [0, 0.1) is 0 Å². The Morgan fingerprint density at radius 2 is 2.00 bits per heavy atom. The van der Waals surface area contributed by atoms with Crippen LogP contribution in [0.1, 0.15) is 24.4 Å². The van der Waals surface area contributed by atoms with Gasteiger partial charge in [0.25, 0.3) is 0 Å². The van der Waals surface area contributed by atoms with Crippen LogP contribution in [0.5, 0.6) is 0 Å². The molecule has 1 N–H and O–H groups in total. The summed E-state index contributed by atoms with van der Waals surface area (Å²) in [5.41, 5.74) is 0.785. The van der Waals surface area contributed by atoms with Crippen molar-refractivity contribution in [2.24, 2.45) is 0 Å². The van der Waals surface area contributed by atoms with Gasteiger partial charge in [-0.2, -0.15) is 22.5 Å². The largest absolute Gasteiger partial charge is 0.452 e. The molecule has 1 aromatic heterocycles. The molecule has 8 heteroatoms. The second-order valence-electron chi connectivity index (χ2n) is 3.81. The molecule has 0 fully saturated rings. The standard InChI is InChI=1S/C11H9ClF3N3S/c1-6(7-4-2-3-5-8(7)12)16-10-17-9(18-19-10)11(13,14)15/h2-6H,1H3,(H,16,17,18). The predicted molar refractivity (Wildman–Crippen MR) is 68.4 cm³/mol. The van der Waals surface area contributed by atoms with Crippen molar-refractivity contribution in [1.29, 1.82) is 0 Å². The molecule has 19 heavy (non-hydrogen) atoms. The molecule has 0 radical (unpaired) electrons. The van der Waals surface area contributed by atoms with Crippen molar-refractivity contribution in [2.45, 2.75) is 19.1 Å². The molecule has 2 aromatic rings. The van der Waals surface area contributed by atoms with Gasteiger partial charge in [-0.25, -0.2) is 0 Å². The van der Waals surface area contributed by atoms with E-state index in [0.29, 0.717) is 16.6 Å². The molecule has 0 spiro atoms. The highest BCUT2D eigenvalue weighted by Gasteiger charge is 2.36. The normalized spacial score (nSPS) is 13.3. The molecule has 0 saturated carbocycles. The Balaban J connectivity index is 2.14. The van der Waals surface area contributed by atoms with Crippen LogP contribution in [-0.2, 0) is 6.18 Å². The highest BCUT2D eigenvalue weighted by Crippen LogP contribution is 2.31. The first-order chi connectivity index (χ1) is 8.88. The van der Waals surface area contributed by atoms with Crippen molar-refractivity contribution in [1.82, 2.24) is 9.36 Å². The number of hydrogen-bond donors (Lipinski definition) is 1. The Labute approximate surface area is 116 Å². The van der Waals surface area contributed by atoms with E-state index in [1.807, 2.05) is 0 Å². The van der Waals surface area contributed by atoms with E-state index in [-0.39, 0.29) is 11.2 Å². The number of benzene rings is 1. The average molecular weight is 308 g/mol. The number of nitrogens with one attached hydrogen (secondary N) is 1. The van der Waals surface area contributed by atoms with E-state index in [9.17, 15) is 13.2 Å². The number of hydrogen-bond acceptors (Lipinski definition) is 4. The maximum Gasteiger partial charge on any atom is 0.452 e. The zero-order valence-corrected chi connectivity index (χ0v) is 11.3. The van der Waals surface area contributed by atoms with Crippen LogP contribution in [-0.4, -0.2) is 9.36 Å². The zero-order chi connectivity index (χ0) is 14.0. The van der Waals surface area contributed by atoms with Crippen molar-refractivity contribution in [3.8, 4) is 0 Å². The predicted octanol–water partition coefficient (Wildman–Crippen LogP) is 4.38. The van der Waals surface area contributed by atoms with E-state index >= 15 is 0 Å². The first kappa shape index (κ1) is 14.1. The minimum atomic E-state index is -4.52. The van der Waals surface area contributed by atoms with Crippen molar-refractivity contribution >= 4 is 28.3 Å². The molecule has 0 aliphatic heterocycles. The molecule has 1 aromatic carbocycles. The third-order valence-electron chi connectivity index (χ3n) is 2.39. The summed E-state index contributed by atoms with van der Waals surface area (Å²) in [6.07, 6.45) is -4.52. The van der Waals surface area contributed by atoms with Gasteiger partial charge >= 0.3 is 6.18 Å². The summed E-state index contributed by atoms with van der Waals surface area (Å²) >= 11 is 6.68. The fourth-order valence-electron chi connectivity index (χ4n) is 1.49.